The number of carbonyl (C=O) groups excluding carboxylic acids is 2. The van der Waals surface area contributed by atoms with Crippen LogP contribution in [0.25, 0.3) is 6.08 Å². The third-order valence-corrected chi connectivity index (χ3v) is 5.07. The molecule has 0 aliphatic carbocycles. The summed E-state index contributed by atoms with van der Waals surface area (Å²) in [7, 11) is 1.57. The maximum atomic E-state index is 12.6. The minimum Gasteiger partial charge on any atom is -0.508 e. The predicted molar refractivity (Wildman–Crippen MR) is 110 cm³/mol. The summed E-state index contributed by atoms with van der Waals surface area (Å²) in [5.41, 5.74) is 1.25. The normalized spacial score (nSPS) is 15.3. The number of nitrogens with one attached hydrogen (secondary N) is 1. The fraction of sp³-hybridized carbons (Fsp3) is 0.105. The molecule has 2 aromatic rings. The van der Waals surface area contributed by atoms with Gasteiger partial charge in [0.05, 0.1) is 12.0 Å². The molecular weight excluding hydrogens is 384 g/mol. The molecule has 27 heavy (non-hydrogen) atoms. The molecule has 2 N–H and O–H groups in total. The second kappa shape index (κ2) is 8.24. The lowest BCUT2D eigenvalue weighted by molar-refractivity contribution is -0.126. The molecule has 0 atom stereocenters. The van der Waals surface area contributed by atoms with Gasteiger partial charge in [-0.25, -0.2) is 0 Å². The van der Waals surface area contributed by atoms with Gasteiger partial charge in [0.25, 0.3) is 5.91 Å². The monoisotopic (exact) mass is 400 g/mol. The smallest absolute Gasteiger partial charge is 0.266 e. The Balaban J connectivity index is 1.70. The zero-order chi connectivity index (χ0) is 19.4. The molecule has 1 saturated heterocycles. The van der Waals surface area contributed by atoms with Crippen LogP contribution < -0.4 is 10.1 Å². The first kappa shape index (κ1) is 18.9. The van der Waals surface area contributed by atoms with Gasteiger partial charge in [-0.05, 0) is 35.9 Å². The highest BCUT2D eigenvalue weighted by Gasteiger charge is 2.33. The van der Waals surface area contributed by atoms with E-state index in [1.165, 1.54) is 17.0 Å². The number of thiocarbonyl (C=S) groups is 1. The molecule has 138 valence electrons. The van der Waals surface area contributed by atoms with Gasteiger partial charge >= 0.3 is 0 Å². The minimum absolute atomic E-state index is 0.0413. The maximum absolute atomic E-state index is 12.6. The molecule has 1 heterocycles. The third-order valence-electron chi connectivity index (χ3n) is 3.70. The minimum atomic E-state index is -0.403. The predicted octanol–water partition coefficient (Wildman–Crippen LogP) is 3.24. The molecule has 6 nitrogen and oxygen atoms in total. The first-order valence-electron chi connectivity index (χ1n) is 7.94. The van der Waals surface area contributed by atoms with Crippen molar-refractivity contribution < 1.29 is 19.4 Å². The molecule has 0 saturated carbocycles. The Hall–Kier alpha value is -2.84. The molecule has 0 unspecified atom stereocenters. The Labute approximate surface area is 165 Å². The van der Waals surface area contributed by atoms with E-state index >= 15 is 0 Å². The standard InChI is InChI=1S/C19H16N2O4S2/c1-25-15-7-2-4-12(8-15)9-16-18(24)21(19(26)27-16)11-17(23)20-13-5-3-6-14(22)10-13/h2-10,22H,11H2,1H3,(H,20,23)/b16-9+. The fourth-order valence-corrected chi connectivity index (χ4v) is 3.70. The molecule has 0 spiro atoms. The van der Waals surface area contributed by atoms with Crippen molar-refractivity contribution in [3.63, 3.8) is 0 Å². The summed E-state index contributed by atoms with van der Waals surface area (Å²) in [6, 6.07) is 13.5. The van der Waals surface area contributed by atoms with Crippen LogP contribution in [0.3, 0.4) is 0 Å². The Morgan fingerprint density at radius 2 is 2.07 bits per heavy atom. The Bertz CT molecular complexity index is 943. The van der Waals surface area contributed by atoms with E-state index in [0.29, 0.717) is 20.7 Å². The highest BCUT2D eigenvalue weighted by Crippen LogP contribution is 2.32. The van der Waals surface area contributed by atoms with E-state index < -0.39 is 5.91 Å². The number of hydrogen-bond acceptors (Lipinski definition) is 6. The van der Waals surface area contributed by atoms with E-state index in [1.54, 1.807) is 31.4 Å². The van der Waals surface area contributed by atoms with Gasteiger partial charge in [0.15, 0.2) is 0 Å². The summed E-state index contributed by atoms with van der Waals surface area (Å²) in [6.07, 6.45) is 1.72. The Kier molecular flexibility index (Phi) is 5.78. The van der Waals surface area contributed by atoms with Crippen molar-refractivity contribution in [3.8, 4) is 11.5 Å². The van der Waals surface area contributed by atoms with Gasteiger partial charge < -0.3 is 15.2 Å². The van der Waals surface area contributed by atoms with Crippen LogP contribution in [0.4, 0.5) is 5.69 Å². The van der Waals surface area contributed by atoms with E-state index in [1.807, 2.05) is 18.2 Å². The van der Waals surface area contributed by atoms with Crippen molar-refractivity contribution in [2.24, 2.45) is 0 Å². The van der Waals surface area contributed by atoms with Gasteiger partial charge in [-0.15, -0.1) is 0 Å². The van der Waals surface area contributed by atoms with Crippen molar-refractivity contribution >= 4 is 51.9 Å². The van der Waals surface area contributed by atoms with Gasteiger partial charge in [-0.1, -0.05) is 42.2 Å². The average molecular weight is 400 g/mol. The van der Waals surface area contributed by atoms with Crippen molar-refractivity contribution in [3.05, 3.63) is 59.0 Å². The Morgan fingerprint density at radius 3 is 2.81 bits per heavy atom. The second-order valence-corrected chi connectivity index (χ2v) is 7.32. The molecule has 0 bridgehead atoms. The number of phenolic OH excluding ortho intramolecular Hbond substituents is 1. The lowest BCUT2D eigenvalue weighted by Crippen LogP contribution is -2.36. The summed E-state index contributed by atoms with van der Waals surface area (Å²) in [4.78, 5) is 26.5. The number of methoxy groups -OCH3 is 1. The lowest BCUT2D eigenvalue weighted by atomic mass is 10.2. The fourth-order valence-electron chi connectivity index (χ4n) is 2.45. The van der Waals surface area contributed by atoms with Crippen LogP contribution in [-0.2, 0) is 9.59 Å². The number of amides is 2. The second-order valence-electron chi connectivity index (χ2n) is 5.64. The van der Waals surface area contributed by atoms with Crippen LogP contribution in [-0.4, -0.2) is 39.8 Å². The van der Waals surface area contributed by atoms with E-state index in [-0.39, 0.29) is 18.2 Å². The van der Waals surface area contributed by atoms with E-state index in [0.717, 1.165) is 17.3 Å². The SMILES string of the molecule is COc1cccc(/C=C2/SC(=S)N(CC(=O)Nc3cccc(O)c3)C2=O)c1. The van der Waals surface area contributed by atoms with Crippen molar-refractivity contribution in [1.29, 1.82) is 0 Å². The summed E-state index contributed by atoms with van der Waals surface area (Å²) in [5, 5.41) is 12.1. The first-order chi connectivity index (χ1) is 13.0. The van der Waals surface area contributed by atoms with Crippen molar-refractivity contribution in [2.45, 2.75) is 0 Å². The number of hydrogen-bond donors (Lipinski definition) is 2. The number of thioether (sulfide) groups is 1. The molecule has 2 aromatic carbocycles. The number of carbonyl (C=O) groups is 2. The molecule has 0 radical (unpaired) electrons. The molecule has 1 aliphatic heterocycles. The molecule has 2 amide bonds. The zero-order valence-electron chi connectivity index (χ0n) is 14.3. The summed E-state index contributed by atoms with van der Waals surface area (Å²) in [6.45, 7) is -0.199. The highest BCUT2D eigenvalue weighted by molar-refractivity contribution is 8.26. The van der Waals surface area contributed by atoms with Gasteiger partial charge in [0.2, 0.25) is 5.91 Å². The van der Waals surface area contributed by atoms with Crippen LogP contribution in [0.5, 0.6) is 11.5 Å². The van der Waals surface area contributed by atoms with Crippen molar-refractivity contribution in [2.75, 3.05) is 19.0 Å². The topological polar surface area (TPSA) is 78.9 Å². The van der Waals surface area contributed by atoms with Gasteiger partial charge in [0, 0.05) is 11.8 Å². The van der Waals surface area contributed by atoms with Crippen molar-refractivity contribution in [1.82, 2.24) is 4.90 Å². The number of anilines is 1. The van der Waals surface area contributed by atoms with E-state index in [9.17, 15) is 14.7 Å². The molecule has 0 aromatic heterocycles. The van der Waals surface area contributed by atoms with Crippen LogP contribution in [0.2, 0.25) is 0 Å². The lowest BCUT2D eigenvalue weighted by Gasteiger charge is -2.14. The summed E-state index contributed by atoms with van der Waals surface area (Å²) < 4.78 is 5.50. The van der Waals surface area contributed by atoms with Crippen LogP contribution in [0.1, 0.15) is 5.56 Å². The molecule has 1 aliphatic rings. The third kappa shape index (κ3) is 4.66. The van der Waals surface area contributed by atoms with E-state index in [2.05, 4.69) is 5.32 Å². The zero-order valence-corrected chi connectivity index (χ0v) is 16.0. The number of ether oxygens (including phenoxy) is 1. The van der Waals surface area contributed by atoms with Gasteiger partial charge in [0.1, 0.15) is 22.4 Å². The highest BCUT2D eigenvalue weighted by atomic mass is 32.2. The first-order valence-corrected chi connectivity index (χ1v) is 9.17. The van der Waals surface area contributed by atoms with Gasteiger partial charge in [-0.3, -0.25) is 14.5 Å². The van der Waals surface area contributed by atoms with Crippen LogP contribution in [0, 0.1) is 0 Å². The number of phenols is 1. The van der Waals surface area contributed by atoms with E-state index in [4.69, 9.17) is 17.0 Å². The number of benzene rings is 2. The quantitative estimate of drug-likeness (QED) is 0.593. The maximum Gasteiger partial charge on any atom is 0.266 e. The summed E-state index contributed by atoms with van der Waals surface area (Å²) >= 11 is 6.39. The van der Waals surface area contributed by atoms with Crippen LogP contribution in [0.15, 0.2) is 53.4 Å². The number of rotatable bonds is 5. The number of nitrogens with zero attached hydrogens (tertiary/aromatic N) is 1. The summed E-state index contributed by atoms with van der Waals surface area (Å²) in [5.74, 6) is 0.00256. The average Bonchev–Trinajstić information content (AvgIpc) is 2.89. The van der Waals surface area contributed by atoms with Gasteiger partial charge in [-0.2, -0.15) is 0 Å². The largest absolute Gasteiger partial charge is 0.508 e. The molecule has 8 heteroatoms. The molecule has 3 rings (SSSR count). The molecule has 1 fully saturated rings. The molecular formula is C19H16N2O4S2. The number of aromatic hydroxyl groups is 1. The van der Waals surface area contributed by atoms with Crippen LogP contribution >= 0.6 is 24.0 Å². The Morgan fingerprint density at radius 1 is 1.30 bits per heavy atom.